The number of carbonyl (C=O) groups excluding carboxylic acids is 1. The van der Waals surface area contributed by atoms with Gasteiger partial charge in [0, 0.05) is 17.3 Å². The van der Waals surface area contributed by atoms with Crippen molar-refractivity contribution in [1.82, 2.24) is 5.32 Å². The molecule has 2 rings (SSSR count). The van der Waals surface area contributed by atoms with E-state index in [0.29, 0.717) is 11.6 Å². The summed E-state index contributed by atoms with van der Waals surface area (Å²) in [6, 6.07) is 17.7. The van der Waals surface area contributed by atoms with E-state index in [1.807, 2.05) is 49.4 Å². The van der Waals surface area contributed by atoms with E-state index in [4.69, 9.17) is 11.6 Å². The summed E-state index contributed by atoms with van der Waals surface area (Å²) in [5, 5.41) is 3.52. The molecule has 110 valence electrons. The first-order valence-corrected chi connectivity index (χ1v) is 8.26. The number of nitrogens with one attached hydrogen (secondary N) is 1. The van der Waals surface area contributed by atoms with Gasteiger partial charge in [0.25, 0.3) is 0 Å². The van der Waals surface area contributed by atoms with Crippen LogP contribution in [0.4, 0.5) is 0 Å². The van der Waals surface area contributed by atoms with Gasteiger partial charge in [-0.3, -0.25) is 4.79 Å². The fraction of sp³-hybridized carbons (Fsp3) is 0.235. The summed E-state index contributed by atoms with van der Waals surface area (Å²) in [6.07, 6.45) is 0. The number of halogens is 1. The van der Waals surface area contributed by atoms with E-state index >= 15 is 0 Å². The maximum absolute atomic E-state index is 12.1. The zero-order chi connectivity index (χ0) is 15.1. The van der Waals surface area contributed by atoms with Gasteiger partial charge in [0.05, 0.1) is 5.25 Å². The summed E-state index contributed by atoms with van der Waals surface area (Å²) in [4.78, 5) is 12.1. The molecule has 1 amide bonds. The van der Waals surface area contributed by atoms with Crippen LogP contribution in [-0.4, -0.2) is 11.2 Å². The van der Waals surface area contributed by atoms with Gasteiger partial charge in [0.2, 0.25) is 5.91 Å². The average molecular weight is 320 g/mol. The van der Waals surface area contributed by atoms with Gasteiger partial charge in [-0.25, -0.2) is 0 Å². The minimum Gasteiger partial charge on any atom is -0.351 e. The van der Waals surface area contributed by atoms with E-state index in [9.17, 15) is 4.79 Å². The van der Waals surface area contributed by atoms with Crippen LogP contribution in [0, 0.1) is 0 Å². The predicted octanol–water partition coefficient (Wildman–Crippen LogP) is 4.28. The van der Waals surface area contributed by atoms with Crippen LogP contribution in [0.5, 0.6) is 0 Å². The highest BCUT2D eigenvalue weighted by atomic mass is 35.5. The second-order valence-corrected chi connectivity index (χ2v) is 6.48. The Balaban J connectivity index is 1.79. The van der Waals surface area contributed by atoms with Crippen molar-refractivity contribution in [2.24, 2.45) is 0 Å². The topological polar surface area (TPSA) is 29.1 Å². The molecular weight excluding hydrogens is 302 g/mol. The Hall–Kier alpha value is -1.45. The van der Waals surface area contributed by atoms with Crippen LogP contribution < -0.4 is 5.32 Å². The number of rotatable bonds is 6. The maximum atomic E-state index is 12.1. The molecule has 4 heteroatoms. The molecule has 0 unspecified atom stereocenters. The normalized spacial score (nSPS) is 11.9. The van der Waals surface area contributed by atoms with Crippen LogP contribution >= 0.6 is 23.4 Å². The first-order valence-electron chi connectivity index (χ1n) is 6.83. The van der Waals surface area contributed by atoms with Crippen molar-refractivity contribution >= 4 is 29.3 Å². The Morgan fingerprint density at radius 1 is 1.14 bits per heavy atom. The number of hydrogen-bond donors (Lipinski definition) is 1. The molecule has 0 aromatic heterocycles. The lowest BCUT2D eigenvalue weighted by Gasteiger charge is -2.12. The van der Waals surface area contributed by atoms with Crippen LogP contribution in [0.3, 0.4) is 0 Å². The number of benzene rings is 2. The van der Waals surface area contributed by atoms with E-state index in [1.165, 1.54) is 5.56 Å². The summed E-state index contributed by atoms with van der Waals surface area (Å²) in [5.74, 6) is 0.873. The number of thioether (sulfide) groups is 1. The van der Waals surface area contributed by atoms with Crippen LogP contribution in [0.2, 0.25) is 5.02 Å². The lowest BCUT2D eigenvalue weighted by Crippen LogP contribution is -2.30. The van der Waals surface area contributed by atoms with E-state index in [-0.39, 0.29) is 11.2 Å². The summed E-state index contributed by atoms with van der Waals surface area (Å²) in [5.41, 5.74) is 2.17. The van der Waals surface area contributed by atoms with Crippen LogP contribution in [0.25, 0.3) is 0 Å². The molecule has 0 spiro atoms. The van der Waals surface area contributed by atoms with Gasteiger partial charge >= 0.3 is 0 Å². The van der Waals surface area contributed by atoms with Crippen LogP contribution in [0.15, 0.2) is 54.6 Å². The zero-order valence-electron chi connectivity index (χ0n) is 11.9. The van der Waals surface area contributed by atoms with E-state index in [0.717, 1.165) is 11.3 Å². The monoisotopic (exact) mass is 319 g/mol. The fourth-order valence-electron chi connectivity index (χ4n) is 1.84. The molecule has 0 aliphatic rings. The minimum atomic E-state index is -0.0901. The molecule has 0 radical (unpaired) electrons. The molecule has 0 aliphatic heterocycles. The lowest BCUT2D eigenvalue weighted by molar-refractivity contribution is -0.120. The Morgan fingerprint density at radius 3 is 2.52 bits per heavy atom. The molecule has 2 aromatic carbocycles. The molecule has 2 nitrogen and oxygen atoms in total. The molecule has 0 fully saturated rings. The highest BCUT2D eigenvalue weighted by Crippen LogP contribution is 2.18. The van der Waals surface area contributed by atoms with Gasteiger partial charge in [0.15, 0.2) is 0 Å². The van der Waals surface area contributed by atoms with Gasteiger partial charge < -0.3 is 5.32 Å². The predicted molar refractivity (Wildman–Crippen MR) is 90.5 cm³/mol. The van der Waals surface area contributed by atoms with E-state index in [2.05, 4.69) is 17.4 Å². The second kappa shape index (κ2) is 8.11. The molecule has 1 N–H and O–H groups in total. The highest BCUT2D eigenvalue weighted by Gasteiger charge is 2.13. The summed E-state index contributed by atoms with van der Waals surface area (Å²) in [7, 11) is 0. The van der Waals surface area contributed by atoms with Gasteiger partial charge in [-0.05, 0) is 24.1 Å². The third-order valence-electron chi connectivity index (χ3n) is 3.12. The van der Waals surface area contributed by atoms with Crippen molar-refractivity contribution in [3.8, 4) is 0 Å². The fourth-order valence-corrected chi connectivity index (χ4v) is 2.91. The molecule has 0 aliphatic carbocycles. The maximum Gasteiger partial charge on any atom is 0.233 e. The molecule has 0 saturated carbocycles. The molecule has 21 heavy (non-hydrogen) atoms. The average Bonchev–Trinajstić information content (AvgIpc) is 2.52. The molecule has 1 atom stereocenters. The standard InChI is InChI=1S/C17H18ClNOS/c1-13(21-12-14-7-3-2-4-8-14)17(20)19-11-15-9-5-6-10-16(15)18/h2-10,13H,11-12H2,1H3,(H,19,20)/t13-/m0/s1. The minimum absolute atomic E-state index is 0.0378. The van der Waals surface area contributed by atoms with Crippen molar-refractivity contribution in [2.45, 2.75) is 24.5 Å². The third-order valence-corrected chi connectivity index (χ3v) is 4.71. The first-order chi connectivity index (χ1) is 10.2. The molecule has 0 saturated heterocycles. The Morgan fingerprint density at radius 2 is 1.81 bits per heavy atom. The van der Waals surface area contributed by atoms with Gasteiger partial charge in [0.1, 0.15) is 0 Å². The number of hydrogen-bond acceptors (Lipinski definition) is 2. The van der Waals surface area contributed by atoms with Gasteiger partial charge in [-0.15, -0.1) is 11.8 Å². The van der Waals surface area contributed by atoms with Crippen molar-refractivity contribution in [1.29, 1.82) is 0 Å². The van der Waals surface area contributed by atoms with Crippen molar-refractivity contribution in [3.05, 3.63) is 70.7 Å². The summed E-state index contributed by atoms with van der Waals surface area (Å²) >= 11 is 7.70. The molecule has 0 bridgehead atoms. The van der Waals surface area contributed by atoms with Gasteiger partial charge in [-0.2, -0.15) is 0 Å². The van der Waals surface area contributed by atoms with Gasteiger partial charge in [-0.1, -0.05) is 60.1 Å². The molecule has 0 heterocycles. The summed E-state index contributed by atoms with van der Waals surface area (Å²) < 4.78 is 0. The number of amides is 1. The zero-order valence-corrected chi connectivity index (χ0v) is 13.5. The van der Waals surface area contributed by atoms with E-state index < -0.39 is 0 Å². The molecular formula is C17H18ClNOS. The molecule has 2 aromatic rings. The quantitative estimate of drug-likeness (QED) is 0.861. The largest absolute Gasteiger partial charge is 0.351 e. The van der Waals surface area contributed by atoms with E-state index in [1.54, 1.807) is 11.8 Å². The van der Waals surface area contributed by atoms with Crippen LogP contribution in [0.1, 0.15) is 18.1 Å². The van der Waals surface area contributed by atoms with Crippen LogP contribution in [-0.2, 0) is 17.1 Å². The smallest absolute Gasteiger partial charge is 0.233 e. The second-order valence-electron chi connectivity index (χ2n) is 4.75. The van der Waals surface area contributed by atoms with Crippen molar-refractivity contribution in [2.75, 3.05) is 0 Å². The van der Waals surface area contributed by atoms with Crippen molar-refractivity contribution < 1.29 is 4.79 Å². The Bertz CT molecular complexity index is 588. The Labute approximate surface area is 134 Å². The van der Waals surface area contributed by atoms with Crippen molar-refractivity contribution in [3.63, 3.8) is 0 Å². The lowest BCUT2D eigenvalue weighted by atomic mass is 10.2. The third kappa shape index (κ3) is 5.10. The Kier molecular flexibility index (Phi) is 6.15. The summed E-state index contributed by atoms with van der Waals surface area (Å²) in [6.45, 7) is 2.39. The SMILES string of the molecule is C[C@H](SCc1ccccc1)C(=O)NCc1ccccc1Cl. The number of carbonyl (C=O) groups is 1. The highest BCUT2D eigenvalue weighted by molar-refractivity contribution is 7.99. The first kappa shape index (κ1) is 15.9.